The van der Waals surface area contributed by atoms with E-state index >= 15 is 0 Å². The van der Waals surface area contributed by atoms with Gasteiger partial charge in [0.1, 0.15) is 0 Å². The number of sulfonamides is 1. The van der Waals surface area contributed by atoms with Crippen molar-refractivity contribution in [2.45, 2.75) is 41.9 Å². The maximum atomic E-state index is 12.8. The van der Waals surface area contributed by atoms with Gasteiger partial charge in [-0.3, -0.25) is 0 Å². The molecule has 0 unspecified atom stereocenters. The first kappa shape index (κ1) is 28.6. The van der Waals surface area contributed by atoms with Crippen LogP contribution in [-0.2, 0) is 10.0 Å². The van der Waals surface area contributed by atoms with Gasteiger partial charge >= 0.3 is 0 Å². The Hall–Kier alpha value is -3.90. The second kappa shape index (κ2) is 11.9. The maximum absolute atomic E-state index is 12.8. The van der Waals surface area contributed by atoms with Crippen molar-refractivity contribution in [2.75, 3.05) is 53.1 Å². The highest BCUT2D eigenvalue weighted by Crippen LogP contribution is 2.25. The third-order valence-corrected chi connectivity index (χ3v) is 8.06. The molecule has 10 N–H and O–H groups in total. The van der Waals surface area contributed by atoms with E-state index in [9.17, 15) is 8.42 Å². The third kappa shape index (κ3) is 7.06. The molecule has 5 rings (SSSR count). The lowest BCUT2D eigenvalue weighted by Crippen LogP contribution is -2.54. The fourth-order valence-electron chi connectivity index (χ4n) is 4.88. The van der Waals surface area contributed by atoms with Crippen LogP contribution in [0.4, 0.5) is 29.5 Å². The van der Waals surface area contributed by atoms with Gasteiger partial charge in [0.2, 0.25) is 23.8 Å². The van der Waals surface area contributed by atoms with Crippen LogP contribution in [0.2, 0.25) is 0 Å². The first-order valence-electron chi connectivity index (χ1n) is 13.1. The molecule has 16 nitrogen and oxygen atoms in total. The first-order valence-corrected chi connectivity index (χ1v) is 14.6. The van der Waals surface area contributed by atoms with Gasteiger partial charge < -0.3 is 42.8 Å². The summed E-state index contributed by atoms with van der Waals surface area (Å²) in [5, 5.41) is 3.15. The number of hydrogen-bond donors (Lipinski definition) is 6. The Balaban J connectivity index is 1.38. The average Bonchev–Trinajstić information content (AvgIpc) is 2.92. The van der Waals surface area contributed by atoms with Crippen LogP contribution >= 0.6 is 0 Å². The summed E-state index contributed by atoms with van der Waals surface area (Å²) in [6.45, 7) is 2.19. The van der Waals surface area contributed by atoms with Crippen LogP contribution in [0.15, 0.2) is 41.6 Å². The summed E-state index contributed by atoms with van der Waals surface area (Å²) in [6, 6.07) is 5.65. The number of rotatable bonds is 8. The molecule has 2 aliphatic rings. The van der Waals surface area contributed by atoms with E-state index in [1.807, 2.05) is 9.80 Å². The Kier molecular flexibility index (Phi) is 8.32. The largest absolute Gasteiger partial charge is 0.494 e. The van der Waals surface area contributed by atoms with Crippen molar-refractivity contribution in [3.8, 4) is 5.75 Å². The maximum Gasteiger partial charge on any atom is 0.264 e. The van der Waals surface area contributed by atoms with Crippen LogP contribution in [0.3, 0.4) is 0 Å². The molecule has 0 bridgehead atoms. The van der Waals surface area contributed by atoms with Gasteiger partial charge in [-0.2, -0.15) is 15.0 Å². The highest BCUT2D eigenvalue weighted by atomic mass is 32.2. The van der Waals surface area contributed by atoms with Crippen LogP contribution in [0.25, 0.3) is 0 Å². The van der Waals surface area contributed by atoms with E-state index in [1.54, 1.807) is 12.1 Å². The molecule has 3 aromatic rings. The van der Waals surface area contributed by atoms with Crippen molar-refractivity contribution < 1.29 is 13.2 Å². The molecule has 2 aliphatic heterocycles. The second-order valence-electron chi connectivity index (χ2n) is 10.3. The predicted octanol–water partition coefficient (Wildman–Crippen LogP) is -1.06. The normalized spacial score (nSPS) is 23.2. The summed E-state index contributed by atoms with van der Waals surface area (Å²) in [7, 11) is -2.47. The Morgan fingerprint density at radius 3 is 1.73 bits per heavy atom. The highest BCUT2D eigenvalue weighted by molar-refractivity contribution is 7.92. The Bertz CT molecular complexity index is 1380. The summed E-state index contributed by atoms with van der Waals surface area (Å²) >= 11 is 0. The zero-order valence-corrected chi connectivity index (χ0v) is 23.4. The highest BCUT2D eigenvalue weighted by Gasteiger charge is 2.29. The summed E-state index contributed by atoms with van der Waals surface area (Å²) in [5.41, 5.74) is 25.5. The number of nitrogens with zero attached hydrogens (tertiary/aromatic N) is 7. The molecule has 4 heterocycles. The fourth-order valence-corrected chi connectivity index (χ4v) is 5.83. The minimum Gasteiger partial charge on any atom is -0.494 e. The first-order chi connectivity index (χ1) is 19.6. The minimum atomic E-state index is -3.93. The van der Waals surface area contributed by atoms with Gasteiger partial charge in [-0.05, 0) is 37.1 Å². The van der Waals surface area contributed by atoms with Crippen LogP contribution in [0.5, 0.6) is 5.75 Å². The van der Waals surface area contributed by atoms with Crippen molar-refractivity contribution in [3.63, 3.8) is 0 Å². The molecule has 4 atom stereocenters. The second-order valence-corrected chi connectivity index (χ2v) is 12.0. The standard InChI is InChI=1S/C24H35N13O3S/c1-40-19-8-29-21(30-9-19)35-41(38,39)20-4-2-18(3-5-20)31-22-32-23(36-10-14(25)6-15(26)11-36)34-24(33-22)37-12-16(27)7-17(28)13-37/h2-5,8-9,14-17H,6-7,10-13,25-28H2,1H3,(H,29,30,35)(H,31,32,33,34)/t14-,15+,16-,17+. The number of benzene rings is 1. The summed E-state index contributed by atoms with van der Waals surface area (Å²) in [6.07, 6.45) is 4.16. The molecule has 1 aromatic carbocycles. The average molecular weight is 586 g/mol. The van der Waals surface area contributed by atoms with Crippen molar-refractivity contribution >= 4 is 39.5 Å². The number of nitrogens with one attached hydrogen (secondary N) is 2. The smallest absolute Gasteiger partial charge is 0.264 e. The van der Waals surface area contributed by atoms with Crippen LogP contribution in [-0.4, -0.2) is 90.8 Å². The Morgan fingerprint density at radius 1 is 0.780 bits per heavy atom. The quantitative estimate of drug-likeness (QED) is 0.185. The van der Waals surface area contributed by atoms with Gasteiger partial charge in [-0.1, -0.05) is 0 Å². The molecule has 2 aromatic heterocycles. The van der Waals surface area contributed by atoms with Gasteiger partial charge in [0.05, 0.1) is 24.4 Å². The molecule has 0 radical (unpaired) electrons. The third-order valence-electron chi connectivity index (χ3n) is 6.72. The number of methoxy groups -OCH3 is 1. The number of aromatic nitrogens is 5. The summed E-state index contributed by atoms with van der Waals surface area (Å²) < 4.78 is 33.0. The molecule has 0 aliphatic carbocycles. The lowest BCUT2D eigenvalue weighted by Gasteiger charge is -2.37. The number of piperidine rings is 2. The zero-order chi connectivity index (χ0) is 29.1. The van der Waals surface area contributed by atoms with Crippen LogP contribution < -0.4 is 47.5 Å². The summed E-state index contributed by atoms with van der Waals surface area (Å²) in [5.74, 6) is 1.46. The van der Waals surface area contributed by atoms with Gasteiger partial charge in [0.25, 0.3) is 10.0 Å². The molecule has 17 heteroatoms. The number of hydrogen-bond acceptors (Lipinski definition) is 15. The number of ether oxygens (including phenoxy) is 1. The van der Waals surface area contributed by atoms with Crippen molar-refractivity contribution in [1.82, 2.24) is 24.9 Å². The van der Waals surface area contributed by atoms with E-state index in [4.69, 9.17) is 32.7 Å². The topological polar surface area (TPSA) is 242 Å². The zero-order valence-electron chi connectivity index (χ0n) is 22.6. The lowest BCUT2D eigenvalue weighted by atomic mass is 10.0. The van der Waals surface area contributed by atoms with Gasteiger partial charge in [0, 0.05) is 56.0 Å². The van der Waals surface area contributed by atoms with E-state index < -0.39 is 10.0 Å². The minimum absolute atomic E-state index is 0.0204. The number of anilines is 5. The van der Waals surface area contributed by atoms with Crippen molar-refractivity contribution in [2.24, 2.45) is 22.9 Å². The molecular formula is C24H35N13O3S. The number of nitrogens with two attached hydrogens (primary N) is 4. The Labute approximate surface area is 237 Å². The lowest BCUT2D eigenvalue weighted by molar-refractivity contribution is 0.411. The molecule has 2 saturated heterocycles. The van der Waals surface area contributed by atoms with E-state index in [-0.39, 0.29) is 41.0 Å². The Morgan fingerprint density at radius 2 is 1.27 bits per heavy atom. The van der Waals surface area contributed by atoms with E-state index in [0.29, 0.717) is 62.4 Å². The molecule has 0 spiro atoms. The molecule has 2 fully saturated rings. The molecular weight excluding hydrogens is 550 g/mol. The van der Waals surface area contributed by atoms with Crippen LogP contribution in [0, 0.1) is 0 Å². The van der Waals surface area contributed by atoms with Crippen molar-refractivity contribution in [1.29, 1.82) is 0 Å². The monoisotopic (exact) mass is 585 g/mol. The molecule has 41 heavy (non-hydrogen) atoms. The van der Waals surface area contributed by atoms with Gasteiger partial charge in [-0.25, -0.2) is 23.1 Å². The van der Waals surface area contributed by atoms with Gasteiger partial charge in [-0.15, -0.1) is 0 Å². The molecule has 0 saturated carbocycles. The summed E-state index contributed by atoms with van der Waals surface area (Å²) in [4.78, 5) is 25.8. The fraction of sp³-hybridized carbons (Fsp3) is 0.458. The van der Waals surface area contributed by atoms with Crippen molar-refractivity contribution in [3.05, 3.63) is 36.7 Å². The van der Waals surface area contributed by atoms with Crippen LogP contribution in [0.1, 0.15) is 12.8 Å². The predicted molar refractivity (Wildman–Crippen MR) is 155 cm³/mol. The molecule has 0 amide bonds. The SMILES string of the molecule is COc1cnc(NS(=O)(=O)c2ccc(Nc3nc(N4C[C@H](N)C[C@H](N)C4)nc(N4C[C@H](N)C[C@H](N)C4)n3)cc2)nc1. The van der Waals surface area contributed by atoms with Gasteiger partial charge in [0.15, 0.2) is 5.75 Å². The van der Waals surface area contributed by atoms with E-state index in [0.717, 1.165) is 0 Å². The van der Waals surface area contributed by atoms with E-state index in [2.05, 4.69) is 30.0 Å². The molecule has 220 valence electrons. The van der Waals surface area contributed by atoms with E-state index in [1.165, 1.54) is 31.6 Å².